The van der Waals surface area contributed by atoms with E-state index in [9.17, 15) is 9.59 Å². The van der Waals surface area contributed by atoms with E-state index in [-0.39, 0.29) is 17.1 Å². The first-order valence-electron chi connectivity index (χ1n) is 7.44. The van der Waals surface area contributed by atoms with Crippen LogP contribution in [0.5, 0.6) is 11.5 Å². The molecule has 0 heterocycles. The zero-order valence-electron chi connectivity index (χ0n) is 13.9. The van der Waals surface area contributed by atoms with Crippen molar-refractivity contribution >= 4 is 23.5 Å². The van der Waals surface area contributed by atoms with Crippen LogP contribution >= 0.6 is 11.6 Å². The molecule has 2 aromatic carbocycles. The van der Waals surface area contributed by atoms with Gasteiger partial charge in [-0.15, -0.1) is 0 Å². The first-order chi connectivity index (χ1) is 12.0. The average molecular weight is 364 g/mol. The van der Waals surface area contributed by atoms with Crippen molar-refractivity contribution in [2.75, 3.05) is 20.8 Å². The van der Waals surface area contributed by atoms with E-state index in [1.807, 2.05) is 0 Å². The third-order valence-electron chi connectivity index (χ3n) is 3.37. The summed E-state index contributed by atoms with van der Waals surface area (Å²) in [6, 6.07) is 11.8. The summed E-state index contributed by atoms with van der Waals surface area (Å²) < 4.78 is 15.3. The first kappa shape index (κ1) is 18.6. The molecular formula is C18H18ClNO5. The number of esters is 1. The van der Waals surface area contributed by atoms with E-state index in [4.69, 9.17) is 25.8 Å². The number of nitrogens with one attached hydrogen (secondary N) is 1. The molecule has 0 radical (unpaired) electrons. The maximum absolute atomic E-state index is 11.9. The molecule has 6 nitrogen and oxygen atoms in total. The van der Waals surface area contributed by atoms with Crippen LogP contribution in [0.2, 0.25) is 5.02 Å². The summed E-state index contributed by atoms with van der Waals surface area (Å²) in [5, 5.41) is 2.94. The van der Waals surface area contributed by atoms with Crippen LogP contribution in [-0.4, -0.2) is 32.7 Å². The largest absolute Gasteiger partial charge is 0.493 e. The zero-order valence-corrected chi connectivity index (χ0v) is 14.6. The Bertz CT molecular complexity index is 763. The van der Waals surface area contributed by atoms with Gasteiger partial charge in [-0.1, -0.05) is 29.8 Å². The standard InChI is InChI=1S/C18H18ClNO5/c1-23-15-8-7-12(9-16(15)24-2)10-20-17(21)11-25-18(22)13-5-3-4-6-14(13)19/h3-9H,10-11H2,1-2H3,(H,20,21). The van der Waals surface area contributed by atoms with Gasteiger partial charge in [0.1, 0.15) is 0 Å². The van der Waals surface area contributed by atoms with Crippen molar-refractivity contribution in [1.82, 2.24) is 5.32 Å². The fraction of sp³-hybridized carbons (Fsp3) is 0.222. The van der Waals surface area contributed by atoms with E-state index in [1.165, 1.54) is 13.2 Å². The van der Waals surface area contributed by atoms with Crippen LogP contribution in [0.4, 0.5) is 0 Å². The van der Waals surface area contributed by atoms with E-state index in [0.29, 0.717) is 11.5 Å². The molecule has 0 spiro atoms. The monoisotopic (exact) mass is 363 g/mol. The SMILES string of the molecule is COc1ccc(CNC(=O)COC(=O)c2ccccc2Cl)cc1OC. The molecule has 25 heavy (non-hydrogen) atoms. The Morgan fingerprint density at radius 3 is 2.44 bits per heavy atom. The van der Waals surface area contributed by atoms with Crippen molar-refractivity contribution in [2.24, 2.45) is 0 Å². The van der Waals surface area contributed by atoms with E-state index in [2.05, 4.69) is 5.32 Å². The van der Waals surface area contributed by atoms with Crippen molar-refractivity contribution in [1.29, 1.82) is 0 Å². The summed E-state index contributed by atoms with van der Waals surface area (Å²) >= 11 is 5.91. The minimum absolute atomic E-state index is 0.219. The van der Waals surface area contributed by atoms with Crippen LogP contribution in [0, 0.1) is 0 Å². The van der Waals surface area contributed by atoms with E-state index in [0.717, 1.165) is 5.56 Å². The van der Waals surface area contributed by atoms with Gasteiger partial charge in [-0.25, -0.2) is 4.79 Å². The Labute approximate surface area is 150 Å². The van der Waals surface area contributed by atoms with Crippen LogP contribution < -0.4 is 14.8 Å². The highest BCUT2D eigenvalue weighted by Gasteiger charge is 2.13. The van der Waals surface area contributed by atoms with Crippen molar-refractivity contribution in [3.05, 3.63) is 58.6 Å². The molecule has 2 rings (SSSR count). The van der Waals surface area contributed by atoms with Crippen molar-refractivity contribution < 1.29 is 23.8 Å². The van der Waals surface area contributed by atoms with Gasteiger partial charge in [0.15, 0.2) is 18.1 Å². The highest BCUT2D eigenvalue weighted by atomic mass is 35.5. The predicted molar refractivity (Wildman–Crippen MR) is 93.1 cm³/mol. The van der Waals surface area contributed by atoms with Crippen molar-refractivity contribution in [3.8, 4) is 11.5 Å². The lowest BCUT2D eigenvalue weighted by molar-refractivity contribution is -0.124. The number of amides is 1. The van der Waals surface area contributed by atoms with Crippen molar-refractivity contribution in [2.45, 2.75) is 6.54 Å². The highest BCUT2D eigenvalue weighted by molar-refractivity contribution is 6.33. The first-order valence-corrected chi connectivity index (χ1v) is 7.82. The molecule has 0 saturated carbocycles. The Morgan fingerprint density at radius 2 is 1.76 bits per heavy atom. The molecule has 0 aliphatic heterocycles. The van der Waals surface area contributed by atoms with Gasteiger partial charge in [-0.2, -0.15) is 0 Å². The summed E-state index contributed by atoms with van der Waals surface area (Å²) in [5.41, 5.74) is 1.04. The third-order valence-corrected chi connectivity index (χ3v) is 3.70. The van der Waals surface area contributed by atoms with Crippen LogP contribution in [0.15, 0.2) is 42.5 Å². The maximum atomic E-state index is 11.9. The van der Waals surface area contributed by atoms with E-state index >= 15 is 0 Å². The van der Waals surface area contributed by atoms with Gasteiger partial charge in [0, 0.05) is 6.54 Å². The second kappa shape index (κ2) is 8.94. The van der Waals surface area contributed by atoms with E-state index in [1.54, 1.807) is 43.5 Å². The molecule has 0 fully saturated rings. The minimum Gasteiger partial charge on any atom is -0.493 e. The fourth-order valence-corrected chi connectivity index (χ4v) is 2.29. The Balaban J connectivity index is 1.85. The van der Waals surface area contributed by atoms with Gasteiger partial charge < -0.3 is 19.5 Å². The molecule has 0 aromatic heterocycles. The molecule has 0 unspecified atom stereocenters. The molecule has 132 valence electrons. The van der Waals surface area contributed by atoms with Gasteiger partial charge in [0.2, 0.25) is 0 Å². The number of hydrogen-bond donors (Lipinski definition) is 1. The molecule has 0 aliphatic rings. The Hall–Kier alpha value is -2.73. The van der Waals surface area contributed by atoms with E-state index < -0.39 is 18.5 Å². The number of methoxy groups -OCH3 is 2. The van der Waals surface area contributed by atoms with Crippen LogP contribution in [-0.2, 0) is 16.1 Å². The Morgan fingerprint density at radius 1 is 1.04 bits per heavy atom. The summed E-state index contributed by atoms with van der Waals surface area (Å²) in [6.45, 7) is -0.125. The fourth-order valence-electron chi connectivity index (χ4n) is 2.08. The van der Waals surface area contributed by atoms with Gasteiger partial charge >= 0.3 is 5.97 Å². The predicted octanol–water partition coefficient (Wildman–Crippen LogP) is 2.83. The van der Waals surface area contributed by atoms with Gasteiger partial charge in [-0.05, 0) is 29.8 Å². The molecule has 1 N–H and O–H groups in total. The smallest absolute Gasteiger partial charge is 0.340 e. The molecule has 0 aliphatic carbocycles. The van der Waals surface area contributed by atoms with Crippen LogP contribution in [0.3, 0.4) is 0 Å². The lowest BCUT2D eigenvalue weighted by Crippen LogP contribution is -2.28. The Kier molecular flexibility index (Phi) is 6.65. The number of carbonyl (C=O) groups excluding carboxylic acids is 2. The highest BCUT2D eigenvalue weighted by Crippen LogP contribution is 2.27. The topological polar surface area (TPSA) is 73.9 Å². The number of ether oxygens (including phenoxy) is 3. The summed E-state index contributed by atoms with van der Waals surface area (Å²) in [4.78, 5) is 23.7. The number of hydrogen-bond acceptors (Lipinski definition) is 5. The average Bonchev–Trinajstić information content (AvgIpc) is 2.64. The van der Waals surface area contributed by atoms with Gasteiger partial charge in [0.05, 0.1) is 24.8 Å². The number of rotatable bonds is 7. The minimum atomic E-state index is -0.646. The molecule has 0 atom stereocenters. The zero-order chi connectivity index (χ0) is 18.2. The molecule has 7 heteroatoms. The third kappa shape index (κ3) is 5.12. The summed E-state index contributed by atoms with van der Waals surface area (Å²) in [5.74, 6) is 0.104. The van der Waals surface area contributed by atoms with Crippen molar-refractivity contribution in [3.63, 3.8) is 0 Å². The molecule has 0 bridgehead atoms. The molecule has 0 saturated heterocycles. The van der Waals surface area contributed by atoms with Crippen LogP contribution in [0.25, 0.3) is 0 Å². The van der Waals surface area contributed by atoms with Gasteiger partial charge in [0.25, 0.3) is 5.91 Å². The normalized spacial score (nSPS) is 10.0. The summed E-state index contributed by atoms with van der Waals surface area (Å²) in [7, 11) is 3.08. The maximum Gasteiger partial charge on any atom is 0.340 e. The molecule has 1 amide bonds. The van der Waals surface area contributed by atoms with Gasteiger partial charge in [-0.3, -0.25) is 4.79 Å². The number of benzene rings is 2. The lowest BCUT2D eigenvalue weighted by Gasteiger charge is -2.10. The summed E-state index contributed by atoms with van der Waals surface area (Å²) in [6.07, 6.45) is 0. The molecule has 2 aromatic rings. The number of halogens is 1. The van der Waals surface area contributed by atoms with Crippen LogP contribution in [0.1, 0.15) is 15.9 Å². The molecular weight excluding hydrogens is 346 g/mol. The number of carbonyl (C=O) groups is 2. The lowest BCUT2D eigenvalue weighted by atomic mass is 10.2. The second-order valence-electron chi connectivity index (χ2n) is 5.02. The quantitative estimate of drug-likeness (QED) is 0.766. The second-order valence-corrected chi connectivity index (χ2v) is 5.43.